The smallest absolute Gasteiger partial charge is 0.126 e. The number of nitrogens with zero attached hydrogens (tertiary/aromatic N) is 1. The van der Waals surface area contributed by atoms with E-state index in [0.717, 1.165) is 57.0 Å². The molecule has 4 heteroatoms. The van der Waals surface area contributed by atoms with E-state index in [2.05, 4.69) is 10.3 Å². The van der Waals surface area contributed by atoms with Gasteiger partial charge in [0.05, 0.1) is 6.10 Å². The van der Waals surface area contributed by atoms with Gasteiger partial charge in [-0.25, -0.2) is 4.98 Å². The molecule has 2 fully saturated rings. The van der Waals surface area contributed by atoms with Crippen LogP contribution in [0.5, 0.6) is 0 Å². The minimum atomic E-state index is -0.205. The van der Waals surface area contributed by atoms with Crippen LogP contribution in [-0.2, 0) is 4.74 Å². The van der Waals surface area contributed by atoms with Crippen LogP contribution in [0.2, 0.25) is 0 Å². The van der Waals surface area contributed by atoms with Gasteiger partial charge in [-0.15, -0.1) is 0 Å². The molecule has 4 nitrogen and oxygen atoms in total. The normalized spacial score (nSPS) is 28.7. The van der Waals surface area contributed by atoms with Crippen LogP contribution in [-0.4, -0.2) is 36.0 Å². The maximum atomic E-state index is 10.7. The first-order valence-electron chi connectivity index (χ1n) is 7.63. The average Bonchev–Trinajstić information content (AvgIpc) is 2.75. The highest BCUT2D eigenvalue weighted by Crippen LogP contribution is 2.48. The lowest BCUT2D eigenvalue weighted by molar-refractivity contribution is -0.0545. The summed E-state index contributed by atoms with van der Waals surface area (Å²) in [6.07, 6.45) is 4.04. The fraction of sp³-hybridized carbons (Fsp3) is 0.688. The third kappa shape index (κ3) is 2.67. The zero-order chi connectivity index (χ0) is 14.0. The van der Waals surface area contributed by atoms with Crippen molar-refractivity contribution in [1.82, 2.24) is 4.98 Å². The highest BCUT2D eigenvalue weighted by Gasteiger charge is 2.47. The lowest BCUT2D eigenvalue weighted by Gasteiger charge is -2.37. The molecule has 2 unspecified atom stereocenters. The molecule has 1 aliphatic carbocycles. The van der Waals surface area contributed by atoms with Gasteiger partial charge in [-0.1, -0.05) is 6.07 Å². The second-order valence-corrected chi connectivity index (χ2v) is 6.26. The van der Waals surface area contributed by atoms with Crippen molar-refractivity contribution in [3.63, 3.8) is 0 Å². The van der Waals surface area contributed by atoms with Gasteiger partial charge < -0.3 is 15.2 Å². The molecule has 1 saturated heterocycles. The van der Waals surface area contributed by atoms with Crippen molar-refractivity contribution in [3.8, 4) is 0 Å². The van der Waals surface area contributed by atoms with Crippen molar-refractivity contribution in [2.75, 3.05) is 25.1 Å². The lowest BCUT2D eigenvalue weighted by Crippen LogP contribution is -2.40. The van der Waals surface area contributed by atoms with Gasteiger partial charge in [-0.3, -0.25) is 0 Å². The fourth-order valence-corrected chi connectivity index (χ4v) is 3.69. The van der Waals surface area contributed by atoms with E-state index < -0.39 is 0 Å². The number of pyridine rings is 1. The molecule has 110 valence electrons. The van der Waals surface area contributed by atoms with E-state index in [9.17, 15) is 5.11 Å². The Morgan fingerprint density at radius 3 is 2.90 bits per heavy atom. The molecule has 0 aromatic carbocycles. The number of hydrogen-bond donors (Lipinski definition) is 2. The summed E-state index contributed by atoms with van der Waals surface area (Å²) in [5, 5.41) is 14.1. The summed E-state index contributed by atoms with van der Waals surface area (Å²) in [5.41, 5.74) is 1.13. The first-order chi connectivity index (χ1) is 9.70. The van der Waals surface area contributed by atoms with Crippen LogP contribution in [0.3, 0.4) is 0 Å². The molecule has 1 aromatic heterocycles. The van der Waals surface area contributed by atoms with Crippen molar-refractivity contribution in [1.29, 1.82) is 0 Å². The number of aromatic nitrogens is 1. The predicted octanol–water partition coefficient (Wildman–Crippen LogP) is 2.37. The van der Waals surface area contributed by atoms with E-state index in [4.69, 9.17) is 4.74 Å². The van der Waals surface area contributed by atoms with Gasteiger partial charge in [0.2, 0.25) is 0 Å². The number of ether oxygens (including phenoxy) is 1. The summed E-state index contributed by atoms with van der Waals surface area (Å²) >= 11 is 0. The van der Waals surface area contributed by atoms with E-state index in [1.807, 2.05) is 25.1 Å². The molecule has 0 amide bonds. The SMILES string of the molecule is Cc1cccc(NCC2CCC3(CCOCC3)C2O)n1. The quantitative estimate of drug-likeness (QED) is 0.890. The standard InChI is InChI=1S/C16H24N2O2/c1-12-3-2-4-14(18-12)17-11-13-5-6-16(15(13)19)7-9-20-10-8-16/h2-4,13,15,19H,5-11H2,1H3,(H,17,18). The monoisotopic (exact) mass is 276 g/mol. The molecule has 3 rings (SSSR count). The van der Waals surface area contributed by atoms with Crippen LogP contribution in [0, 0.1) is 18.3 Å². The molecule has 1 saturated carbocycles. The molecule has 0 radical (unpaired) electrons. The van der Waals surface area contributed by atoms with Gasteiger partial charge in [0.15, 0.2) is 0 Å². The average molecular weight is 276 g/mol. The lowest BCUT2D eigenvalue weighted by atomic mass is 9.76. The van der Waals surface area contributed by atoms with Gasteiger partial charge in [0.25, 0.3) is 0 Å². The molecular weight excluding hydrogens is 252 g/mol. The molecule has 1 aliphatic heterocycles. The highest BCUT2D eigenvalue weighted by atomic mass is 16.5. The Hall–Kier alpha value is -1.13. The highest BCUT2D eigenvalue weighted by molar-refractivity contribution is 5.35. The molecule has 0 bridgehead atoms. The van der Waals surface area contributed by atoms with Crippen molar-refractivity contribution in [2.24, 2.45) is 11.3 Å². The molecule has 2 aliphatic rings. The maximum Gasteiger partial charge on any atom is 0.126 e. The van der Waals surface area contributed by atoms with Crippen molar-refractivity contribution < 1.29 is 9.84 Å². The Kier molecular flexibility index (Phi) is 3.94. The first kappa shape index (κ1) is 13.8. The number of aliphatic hydroxyl groups excluding tert-OH is 1. The molecule has 2 N–H and O–H groups in total. The van der Waals surface area contributed by atoms with Crippen molar-refractivity contribution in [3.05, 3.63) is 23.9 Å². The Morgan fingerprint density at radius 2 is 2.15 bits per heavy atom. The largest absolute Gasteiger partial charge is 0.392 e. The molecule has 2 atom stereocenters. The zero-order valence-corrected chi connectivity index (χ0v) is 12.1. The number of hydrogen-bond acceptors (Lipinski definition) is 4. The van der Waals surface area contributed by atoms with Crippen LogP contribution in [0.1, 0.15) is 31.4 Å². The Bertz CT molecular complexity index is 458. The Morgan fingerprint density at radius 1 is 1.35 bits per heavy atom. The number of aryl methyl sites for hydroxylation is 1. The third-order valence-electron chi connectivity index (χ3n) is 5.01. The van der Waals surface area contributed by atoms with Gasteiger partial charge in [0, 0.05) is 36.8 Å². The minimum Gasteiger partial charge on any atom is -0.392 e. The summed E-state index contributed by atoms with van der Waals surface area (Å²) in [6.45, 7) is 4.40. The first-order valence-corrected chi connectivity index (χ1v) is 7.63. The van der Waals surface area contributed by atoms with E-state index in [0.29, 0.717) is 5.92 Å². The minimum absolute atomic E-state index is 0.116. The van der Waals surface area contributed by atoms with Crippen LogP contribution >= 0.6 is 0 Å². The number of rotatable bonds is 3. The topological polar surface area (TPSA) is 54.4 Å². The van der Waals surface area contributed by atoms with Gasteiger partial charge in [-0.2, -0.15) is 0 Å². The maximum absolute atomic E-state index is 10.7. The molecule has 1 aromatic rings. The number of anilines is 1. The molecule has 1 spiro atoms. The summed E-state index contributed by atoms with van der Waals surface area (Å²) in [4.78, 5) is 4.45. The van der Waals surface area contributed by atoms with Crippen LogP contribution in [0.15, 0.2) is 18.2 Å². The van der Waals surface area contributed by atoms with Gasteiger partial charge in [-0.05, 0) is 44.7 Å². The summed E-state index contributed by atoms with van der Waals surface area (Å²) in [5.74, 6) is 1.24. The van der Waals surface area contributed by atoms with E-state index in [1.54, 1.807) is 0 Å². The fourth-order valence-electron chi connectivity index (χ4n) is 3.69. The summed E-state index contributed by atoms with van der Waals surface area (Å²) in [7, 11) is 0. The van der Waals surface area contributed by atoms with Crippen molar-refractivity contribution >= 4 is 5.82 Å². The zero-order valence-electron chi connectivity index (χ0n) is 12.1. The third-order valence-corrected chi connectivity index (χ3v) is 5.01. The summed E-state index contributed by atoms with van der Waals surface area (Å²) < 4.78 is 5.45. The molecule has 2 heterocycles. The van der Waals surface area contributed by atoms with E-state index >= 15 is 0 Å². The second kappa shape index (κ2) is 5.70. The van der Waals surface area contributed by atoms with Crippen LogP contribution in [0.25, 0.3) is 0 Å². The number of nitrogens with one attached hydrogen (secondary N) is 1. The predicted molar refractivity (Wildman–Crippen MR) is 78.7 cm³/mol. The number of aliphatic hydroxyl groups is 1. The Balaban J connectivity index is 1.59. The van der Waals surface area contributed by atoms with Gasteiger partial charge >= 0.3 is 0 Å². The van der Waals surface area contributed by atoms with E-state index in [-0.39, 0.29) is 11.5 Å². The van der Waals surface area contributed by atoms with E-state index in [1.165, 1.54) is 0 Å². The summed E-state index contributed by atoms with van der Waals surface area (Å²) in [6, 6.07) is 5.99. The van der Waals surface area contributed by atoms with Crippen LogP contribution in [0.4, 0.5) is 5.82 Å². The second-order valence-electron chi connectivity index (χ2n) is 6.26. The van der Waals surface area contributed by atoms with Crippen molar-refractivity contribution in [2.45, 2.75) is 38.7 Å². The van der Waals surface area contributed by atoms with Gasteiger partial charge in [0.1, 0.15) is 5.82 Å². The molecular formula is C16H24N2O2. The Labute approximate surface area is 120 Å². The molecule has 20 heavy (non-hydrogen) atoms. The van der Waals surface area contributed by atoms with Crippen LogP contribution < -0.4 is 5.32 Å².